The maximum Gasteiger partial charge on any atom is 0.191 e. The van der Waals surface area contributed by atoms with E-state index < -0.39 is 0 Å². The molecule has 1 aliphatic rings. The van der Waals surface area contributed by atoms with Gasteiger partial charge in [-0.1, -0.05) is 24.3 Å². The third kappa shape index (κ3) is 5.81. The molecule has 1 aromatic carbocycles. The lowest BCUT2D eigenvalue weighted by Gasteiger charge is -2.14. The summed E-state index contributed by atoms with van der Waals surface area (Å²) in [7, 11) is 0. The van der Waals surface area contributed by atoms with Crippen LogP contribution in [0.5, 0.6) is 0 Å². The minimum Gasteiger partial charge on any atom is -0.357 e. The summed E-state index contributed by atoms with van der Waals surface area (Å²) in [5, 5.41) is 7.56. The molecule has 1 aliphatic heterocycles. The number of imidazole rings is 1. The lowest BCUT2D eigenvalue weighted by Crippen LogP contribution is -2.40. The van der Waals surface area contributed by atoms with Crippen LogP contribution in [-0.4, -0.2) is 39.6 Å². The highest BCUT2D eigenvalue weighted by Crippen LogP contribution is 2.25. The van der Waals surface area contributed by atoms with Crippen LogP contribution >= 0.6 is 11.8 Å². The number of aliphatic imine (C=N–C) groups is 1. The molecule has 1 saturated heterocycles. The van der Waals surface area contributed by atoms with Gasteiger partial charge in [0, 0.05) is 37.3 Å². The summed E-state index contributed by atoms with van der Waals surface area (Å²) >= 11 is 2.07. The van der Waals surface area contributed by atoms with Gasteiger partial charge in [-0.15, -0.1) is 0 Å². The van der Waals surface area contributed by atoms with Crippen LogP contribution in [0.3, 0.4) is 0 Å². The maximum atomic E-state index is 4.75. The van der Waals surface area contributed by atoms with E-state index in [0.29, 0.717) is 6.54 Å². The molecule has 0 bridgehead atoms. The predicted octanol–water partition coefficient (Wildman–Crippen LogP) is 2.88. The van der Waals surface area contributed by atoms with Crippen molar-refractivity contribution in [3.8, 4) is 0 Å². The van der Waals surface area contributed by atoms with Gasteiger partial charge in [0.05, 0.1) is 12.9 Å². The first kappa shape index (κ1) is 17.9. The van der Waals surface area contributed by atoms with Crippen molar-refractivity contribution in [2.75, 3.05) is 18.8 Å². The Balaban J connectivity index is 1.57. The predicted molar refractivity (Wildman–Crippen MR) is 106 cm³/mol. The Hall–Kier alpha value is -1.95. The van der Waals surface area contributed by atoms with Crippen LogP contribution < -0.4 is 10.6 Å². The second-order valence-electron chi connectivity index (χ2n) is 6.27. The van der Waals surface area contributed by atoms with E-state index in [1.54, 1.807) is 0 Å². The minimum absolute atomic E-state index is 0.685. The van der Waals surface area contributed by atoms with Gasteiger partial charge in [-0.3, -0.25) is 0 Å². The van der Waals surface area contributed by atoms with Gasteiger partial charge < -0.3 is 15.2 Å². The van der Waals surface area contributed by atoms with Gasteiger partial charge in [0.25, 0.3) is 0 Å². The Labute approximate surface area is 154 Å². The smallest absolute Gasteiger partial charge is 0.191 e. The normalized spacial score (nSPS) is 17.6. The van der Waals surface area contributed by atoms with Gasteiger partial charge in [-0.2, -0.15) is 11.8 Å². The Morgan fingerprint density at radius 1 is 1.36 bits per heavy atom. The molecule has 134 valence electrons. The third-order valence-corrected chi connectivity index (χ3v) is 5.60. The van der Waals surface area contributed by atoms with Crippen molar-refractivity contribution < 1.29 is 0 Å². The first-order valence-corrected chi connectivity index (χ1v) is 10.1. The molecule has 1 fully saturated rings. The van der Waals surface area contributed by atoms with E-state index in [1.807, 2.05) is 18.7 Å². The Kier molecular flexibility index (Phi) is 6.79. The van der Waals surface area contributed by atoms with Crippen LogP contribution in [0.2, 0.25) is 0 Å². The van der Waals surface area contributed by atoms with E-state index in [4.69, 9.17) is 4.99 Å². The Morgan fingerprint density at radius 3 is 3.04 bits per heavy atom. The molecule has 5 nitrogen and oxygen atoms in total. The molecule has 1 unspecified atom stereocenters. The number of rotatable bonds is 7. The molecule has 0 amide bonds. The van der Waals surface area contributed by atoms with E-state index in [1.165, 1.54) is 29.7 Å². The van der Waals surface area contributed by atoms with Gasteiger partial charge in [0.2, 0.25) is 0 Å². The fourth-order valence-corrected chi connectivity index (χ4v) is 4.15. The molecule has 2 aromatic rings. The highest BCUT2D eigenvalue weighted by Gasteiger charge is 2.15. The molecule has 1 atom stereocenters. The van der Waals surface area contributed by atoms with Crippen LogP contribution in [0.4, 0.5) is 0 Å². The van der Waals surface area contributed by atoms with Crippen LogP contribution in [0.25, 0.3) is 0 Å². The largest absolute Gasteiger partial charge is 0.357 e. The summed E-state index contributed by atoms with van der Waals surface area (Å²) in [6.07, 6.45) is 8.30. The van der Waals surface area contributed by atoms with Crippen LogP contribution in [0, 0.1) is 0 Å². The molecule has 0 saturated carbocycles. The fraction of sp³-hybridized carbons (Fsp3) is 0.474. The third-order valence-electron chi connectivity index (χ3n) is 4.20. The summed E-state index contributed by atoms with van der Waals surface area (Å²) in [5.74, 6) is 2.21. The first-order chi connectivity index (χ1) is 12.3. The maximum absolute atomic E-state index is 4.75. The quantitative estimate of drug-likeness (QED) is 0.591. The van der Waals surface area contributed by atoms with E-state index in [-0.39, 0.29) is 0 Å². The van der Waals surface area contributed by atoms with E-state index >= 15 is 0 Å². The van der Waals surface area contributed by atoms with Crippen LogP contribution in [0.15, 0.2) is 48.0 Å². The van der Waals surface area contributed by atoms with Gasteiger partial charge >= 0.3 is 0 Å². The Morgan fingerprint density at radius 2 is 2.28 bits per heavy atom. The van der Waals surface area contributed by atoms with Crippen molar-refractivity contribution in [3.05, 3.63) is 54.1 Å². The fourth-order valence-electron chi connectivity index (χ4n) is 2.95. The number of hydrogen-bond donors (Lipinski definition) is 2. The number of nitrogens with one attached hydrogen (secondary N) is 2. The number of hydrogen-bond acceptors (Lipinski definition) is 3. The van der Waals surface area contributed by atoms with E-state index in [0.717, 1.165) is 30.8 Å². The number of guanidine groups is 1. The number of benzene rings is 1. The first-order valence-electron chi connectivity index (χ1n) is 9.01. The molecule has 0 radical (unpaired) electrons. The summed E-state index contributed by atoms with van der Waals surface area (Å²) in [5.41, 5.74) is 2.50. The summed E-state index contributed by atoms with van der Waals surface area (Å²) in [4.78, 5) is 8.85. The molecule has 2 heterocycles. The highest BCUT2D eigenvalue weighted by molar-refractivity contribution is 8.00. The van der Waals surface area contributed by atoms with E-state index in [2.05, 4.69) is 63.1 Å². The lowest BCUT2D eigenvalue weighted by molar-refractivity contribution is 0.727. The molecule has 6 heteroatoms. The van der Waals surface area contributed by atoms with Gasteiger partial charge in [0.15, 0.2) is 5.96 Å². The molecular weight excluding hydrogens is 330 g/mol. The average Bonchev–Trinajstić information content (AvgIpc) is 3.31. The molecule has 25 heavy (non-hydrogen) atoms. The summed E-state index contributed by atoms with van der Waals surface area (Å²) < 4.78 is 2.08. The molecule has 0 spiro atoms. The van der Waals surface area contributed by atoms with Crippen LogP contribution in [0.1, 0.15) is 30.9 Å². The summed E-state index contributed by atoms with van der Waals surface area (Å²) in [6, 6.07) is 8.61. The number of thioether (sulfide) groups is 1. The van der Waals surface area contributed by atoms with Crippen molar-refractivity contribution in [1.29, 1.82) is 0 Å². The van der Waals surface area contributed by atoms with Crippen LogP contribution in [-0.2, 0) is 13.1 Å². The molecular formula is C19H27N5S. The van der Waals surface area contributed by atoms with Gasteiger partial charge in [-0.05, 0) is 36.6 Å². The molecule has 2 N–H and O–H groups in total. The van der Waals surface area contributed by atoms with Crippen molar-refractivity contribution in [1.82, 2.24) is 20.2 Å². The average molecular weight is 358 g/mol. The monoisotopic (exact) mass is 357 g/mol. The van der Waals surface area contributed by atoms with Gasteiger partial charge in [0.1, 0.15) is 0 Å². The zero-order chi connectivity index (χ0) is 17.3. The number of nitrogens with zero attached hydrogens (tertiary/aromatic N) is 3. The minimum atomic E-state index is 0.685. The number of aromatic nitrogens is 2. The Bertz CT molecular complexity index is 662. The molecule has 3 rings (SSSR count). The van der Waals surface area contributed by atoms with Crippen molar-refractivity contribution >= 4 is 17.7 Å². The zero-order valence-corrected chi connectivity index (χ0v) is 15.6. The van der Waals surface area contributed by atoms with Crippen molar-refractivity contribution in [2.45, 2.75) is 38.1 Å². The van der Waals surface area contributed by atoms with E-state index in [9.17, 15) is 0 Å². The zero-order valence-electron chi connectivity index (χ0n) is 14.8. The molecule has 0 aliphatic carbocycles. The second kappa shape index (κ2) is 9.51. The summed E-state index contributed by atoms with van der Waals surface area (Å²) in [6.45, 7) is 5.51. The topological polar surface area (TPSA) is 54.2 Å². The standard InChI is InChI=1S/C19H27N5S/c1-2-21-19(23-13-18-7-4-10-25-18)22-12-16-5-3-6-17(11-16)14-24-9-8-20-15-24/h3,5-6,8-9,11,15,18H,2,4,7,10,12-14H2,1H3,(H2,21,22,23). The highest BCUT2D eigenvalue weighted by atomic mass is 32.2. The van der Waals surface area contributed by atoms with Crippen molar-refractivity contribution in [2.24, 2.45) is 4.99 Å². The van der Waals surface area contributed by atoms with Gasteiger partial charge in [-0.25, -0.2) is 9.98 Å². The molecule has 1 aromatic heterocycles. The second-order valence-corrected chi connectivity index (χ2v) is 7.67. The SMILES string of the molecule is CCNC(=NCc1cccc(Cn2ccnc2)c1)NCC1CCCS1. The lowest BCUT2D eigenvalue weighted by atomic mass is 10.1. The van der Waals surface area contributed by atoms with Crippen molar-refractivity contribution in [3.63, 3.8) is 0 Å².